The molecular weight excluding hydrogens is 176 g/mol. The van der Waals surface area contributed by atoms with Gasteiger partial charge in [0.25, 0.3) is 0 Å². The van der Waals surface area contributed by atoms with Crippen LogP contribution in [0.15, 0.2) is 0 Å². The minimum absolute atomic E-state index is 0.366. The molecule has 1 unspecified atom stereocenters. The molecule has 2 fully saturated rings. The van der Waals surface area contributed by atoms with Gasteiger partial charge in [0.05, 0.1) is 0 Å². The summed E-state index contributed by atoms with van der Waals surface area (Å²) in [6, 6.07) is 0.521. The summed E-state index contributed by atoms with van der Waals surface area (Å²) in [6.07, 6.45) is 3.50. The van der Waals surface area contributed by atoms with Gasteiger partial charge in [-0.05, 0) is 26.8 Å². The highest BCUT2D eigenvalue weighted by molar-refractivity contribution is 5.79. The second kappa shape index (κ2) is 3.89. The molecule has 0 aromatic heterocycles. The van der Waals surface area contributed by atoms with Crippen molar-refractivity contribution in [3.05, 3.63) is 0 Å². The van der Waals surface area contributed by atoms with E-state index in [1.54, 1.807) is 0 Å². The molecular formula is C11H20N2O. The molecule has 1 heterocycles. The average molecular weight is 196 g/mol. The van der Waals surface area contributed by atoms with E-state index in [-0.39, 0.29) is 0 Å². The van der Waals surface area contributed by atoms with Crippen molar-refractivity contribution in [1.29, 1.82) is 0 Å². The van der Waals surface area contributed by atoms with Crippen LogP contribution < -0.4 is 0 Å². The summed E-state index contributed by atoms with van der Waals surface area (Å²) in [5.41, 5.74) is 0. The lowest BCUT2D eigenvalue weighted by Gasteiger charge is -2.40. The van der Waals surface area contributed by atoms with E-state index in [9.17, 15) is 4.79 Å². The Kier molecular flexibility index (Phi) is 2.77. The molecule has 0 aromatic rings. The van der Waals surface area contributed by atoms with Gasteiger partial charge in [0.2, 0.25) is 5.91 Å². The zero-order valence-electron chi connectivity index (χ0n) is 9.20. The Labute approximate surface area is 86.1 Å². The lowest BCUT2D eigenvalue weighted by molar-refractivity contribution is -0.140. The van der Waals surface area contributed by atoms with E-state index in [4.69, 9.17) is 0 Å². The molecule has 0 aromatic carbocycles. The second-order valence-electron chi connectivity index (χ2n) is 4.74. The van der Waals surface area contributed by atoms with E-state index in [0.717, 1.165) is 32.5 Å². The molecule has 0 N–H and O–H groups in total. The van der Waals surface area contributed by atoms with Crippen molar-refractivity contribution >= 4 is 5.91 Å². The van der Waals surface area contributed by atoms with Crippen LogP contribution in [0, 0.1) is 5.92 Å². The van der Waals surface area contributed by atoms with Crippen molar-refractivity contribution in [3.63, 3.8) is 0 Å². The maximum absolute atomic E-state index is 11.9. The normalized spacial score (nSPS) is 30.1. The molecule has 0 spiro atoms. The molecule has 3 heteroatoms. The van der Waals surface area contributed by atoms with E-state index < -0.39 is 0 Å². The highest BCUT2D eigenvalue weighted by Crippen LogP contribution is 2.28. The largest absolute Gasteiger partial charge is 0.340 e. The molecule has 1 amide bonds. The second-order valence-corrected chi connectivity index (χ2v) is 4.74. The minimum Gasteiger partial charge on any atom is -0.340 e. The van der Waals surface area contributed by atoms with Crippen LogP contribution in [0.1, 0.15) is 26.2 Å². The van der Waals surface area contributed by atoms with E-state index in [2.05, 4.69) is 23.8 Å². The highest BCUT2D eigenvalue weighted by atomic mass is 16.2. The lowest BCUT2D eigenvalue weighted by Crippen LogP contribution is -2.53. The van der Waals surface area contributed by atoms with Gasteiger partial charge < -0.3 is 9.80 Å². The average Bonchev–Trinajstić information content (AvgIpc) is 2.06. The quantitative estimate of drug-likeness (QED) is 0.623. The highest BCUT2D eigenvalue weighted by Gasteiger charge is 2.32. The van der Waals surface area contributed by atoms with Crippen molar-refractivity contribution in [2.75, 3.05) is 26.7 Å². The molecule has 0 radical (unpaired) electrons. The van der Waals surface area contributed by atoms with Crippen LogP contribution in [-0.2, 0) is 4.79 Å². The van der Waals surface area contributed by atoms with Crippen molar-refractivity contribution in [2.24, 2.45) is 5.92 Å². The Morgan fingerprint density at radius 2 is 2.00 bits per heavy atom. The molecule has 1 aliphatic carbocycles. The molecule has 1 saturated heterocycles. The number of hydrogen-bond donors (Lipinski definition) is 0. The summed E-state index contributed by atoms with van der Waals surface area (Å²) in [6.45, 7) is 5.07. The number of likely N-dealkylation sites (N-methyl/N-ethyl adjacent to an activating group) is 1. The van der Waals surface area contributed by atoms with Gasteiger partial charge in [-0.25, -0.2) is 0 Å². The molecule has 14 heavy (non-hydrogen) atoms. The third-order valence-corrected chi connectivity index (χ3v) is 3.73. The fourth-order valence-corrected chi connectivity index (χ4v) is 2.16. The predicted molar refractivity (Wildman–Crippen MR) is 56.0 cm³/mol. The third-order valence-electron chi connectivity index (χ3n) is 3.73. The molecule has 80 valence electrons. The van der Waals surface area contributed by atoms with E-state index in [1.165, 1.54) is 6.42 Å². The van der Waals surface area contributed by atoms with E-state index >= 15 is 0 Å². The van der Waals surface area contributed by atoms with Gasteiger partial charge in [-0.1, -0.05) is 6.42 Å². The van der Waals surface area contributed by atoms with Crippen molar-refractivity contribution in [1.82, 2.24) is 9.80 Å². The smallest absolute Gasteiger partial charge is 0.225 e. The Morgan fingerprint density at radius 3 is 2.50 bits per heavy atom. The molecule has 0 bridgehead atoms. The molecule has 1 saturated carbocycles. The van der Waals surface area contributed by atoms with Gasteiger partial charge in [0, 0.05) is 31.6 Å². The zero-order valence-corrected chi connectivity index (χ0v) is 9.20. The molecule has 1 aliphatic heterocycles. The van der Waals surface area contributed by atoms with Gasteiger partial charge in [-0.3, -0.25) is 4.79 Å². The first-order valence-corrected chi connectivity index (χ1v) is 5.67. The van der Waals surface area contributed by atoms with Crippen LogP contribution >= 0.6 is 0 Å². The number of amides is 1. The van der Waals surface area contributed by atoms with Crippen molar-refractivity contribution in [2.45, 2.75) is 32.2 Å². The number of carbonyl (C=O) groups excluding carboxylic acids is 1. The molecule has 2 aliphatic rings. The van der Waals surface area contributed by atoms with Gasteiger partial charge in [0.1, 0.15) is 0 Å². The van der Waals surface area contributed by atoms with Gasteiger partial charge in [-0.15, -0.1) is 0 Å². The molecule has 3 nitrogen and oxygen atoms in total. The van der Waals surface area contributed by atoms with Gasteiger partial charge in [0.15, 0.2) is 0 Å². The van der Waals surface area contributed by atoms with Crippen LogP contribution in [0.5, 0.6) is 0 Å². The lowest BCUT2D eigenvalue weighted by atomic mass is 9.84. The maximum Gasteiger partial charge on any atom is 0.225 e. The van der Waals surface area contributed by atoms with Crippen LogP contribution in [0.3, 0.4) is 0 Å². The standard InChI is InChI=1S/C11H20N2O/c1-9-8-13(7-6-12(9)2)11(14)10-4-3-5-10/h9-10H,3-8H2,1-2H3. The fourth-order valence-electron chi connectivity index (χ4n) is 2.16. The summed E-state index contributed by atoms with van der Waals surface area (Å²) in [4.78, 5) is 16.3. The Morgan fingerprint density at radius 1 is 1.29 bits per heavy atom. The summed E-state index contributed by atoms with van der Waals surface area (Å²) >= 11 is 0. The van der Waals surface area contributed by atoms with Gasteiger partial charge >= 0.3 is 0 Å². The van der Waals surface area contributed by atoms with E-state index in [1.807, 2.05) is 0 Å². The summed E-state index contributed by atoms with van der Waals surface area (Å²) < 4.78 is 0. The Hall–Kier alpha value is -0.570. The van der Waals surface area contributed by atoms with Crippen molar-refractivity contribution in [3.8, 4) is 0 Å². The Bertz CT molecular complexity index is 225. The maximum atomic E-state index is 11.9. The molecule has 2 rings (SSSR count). The first-order valence-electron chi connectivity index (χ1n) is 5.67. The number of hydrogen-bond acceptors (Lipinski definition) is 2. The predicted octanol–water partition coefficient (Wildman–Crippen LogP) is 0.949. The van der Waals surface area contributed by atoms with E-state index in [0.29, 0.717) is 17.9 Å². The summed E-state index contributed by atoms with van der Waals surface area (Å²) in [7, 11) is 2.13. The number of carbonyl (C=O) groups is 1. The fraction of sp³-hybridized carbons (Fsp3) is 0.909. The Balaban J connectivity index is 1.88. The van der Waals surface area contributed by atoms with Crippen LogP contribution in [0.4, 0.5) is 0 Å². The SMILES string of the molecule is CC1CN(C(=O)C2CCC2)CCN1C. The molecule has 1 atom stereocenters. The first-order chi connectivity index (χ1) is 6.68. The summed E-state index contributed by atoms with van der Waals surface area (Å²) in [5.74, 6) is 0.779. The van der Waals surface area contributed by atoms with Crippen LogP contribution in [0.2, 0.25) is 0 Å². The number of nitrogens with zero attached hydrogens (tertiary/aromatic N) is 2. The number of rotatable bonds is 1. The van der Waals surface area contributed by atoms with Gasteiger partial charge in [-0.2, -0.15) is 0 Å². The minimum atomic E-state index is 0.366. The topological polar surface area (TPSA) is 23.6 Å². The van der Waals surface area contributed by atoms with Crippen molar-refractivity contribution < 1.29 is 4.79 Å². The number of piperazine rings is 1. The monoisotopic (exact) mass is 196 g/mol. The van der Waals surface area contributed by atoms with Crippen LogP contribution in [0.25, 0.3) is 0 Å². The zero-order chi connectivity index (χ0) is 10.1. The first kappa shape index (κ1) is 9.97. The summed E-state index contributed by atoms with van der Waals surface area (Å²) in [5, 5.41) is 0. The third kappa shape index (κ3) is 1.78. The van der Waals surface area contributed by atoms with Crippen LogP contribution in [-0.4, -0.2) is 48.4 Å².